The number of carboxylic acid groups (broad SMARTS) is 1. The van der Waals surface area contributed by atoms with Crippen LogP contribution in [0.1, 0.15) is 5.56 Å². The van der Waals surface area contributed by atoms with Gasteiger partial charge in [-0.25, -0.2) is 4.79 Å². The molecule has 0 fully saturated rings. The Balaban J connectivity index is 2.34. The van der Waals surface area contributed by atoms with Gasteiger partial charge in [-0.3, -0.25) is 4.57 Å². The van der Waals surface area contributed by atoms with Crippen molar-refractivity contribution in [2.45, 2.75) is 12.2 Å². The van der Waals surface area contributed by atoms with Gasteiger partial charge >= 0.3 is 13.7 Å². The van der Waals surface area contributed by atoms with Crippen LogP contribution in [0, 0.1) is 0 Å². The summed E-state index contributed by atoms with van der Waals surface area (Å²) in [4.78, 5) is 14.0. The van der Waals surface area contributed by atoms with Crippen molar-refractivity contribution in [1.82, 2.24) is 10.3 Å². The molecule has 7 nitrogen and oxygen atoms in total. The number of fused-ring (bicyclic) bond motifs is 1. The van der Waals surface area contributed by atoms with Crippen molar-refractivity contribution in [2.75, 3.05) is 14.2 Å². The van der Waals surface area contributed by atoms with E-state index in [0.717, 1.165) is 16.5 Å². The summed E-state index contributed by atoms with van der Waals surface area (Å²) in [5.74, 6) is -0.982. The summed E-state index contributed by atoms with van der Waals surface area (Å²) < 4.78 is 22.3. The van der Waals surface area contributed by atoms with Crippen LogP contribution in [-0.2, 0) is 20.0 Å². The summed E-state index contributed by atoms with van der Waals surface area (Å²) in [6, 6.07) is 7.59. The Morgan fingerprint density at radius 1 is 1.38 bits per heavy atom. The van der Waals surface area contributed by atoms with Crippen LogP contribution >= 0.6 is 7.60 Å². The summed E-state index contributed by atoms with van der Waals surface area (Å²) in [6.07, 6.45) is 0.667. The topological polar surface area (TPSA) is 101 Å². The molecule has 114 valence electrons. The van der Waals surface area contributed by atoms with E-state index in [1.54, 1.807) is 6.20 Å². The van der Waals surface area contributed by atoms with Crippen LogP contribution in [0.5, 0.6) is 0 Å². The quantitative estimate of drug-likeness (QED) is 0.712. The van der Waals surface area contributed by atoms with Gasteiger partial charge in [0, 0.05) is 37.7 Å². The largest absolute Gasteiger partial charge is 0.465 e. The highest BCUT2D eigenvalue weighted by Crippen LogP contribution is 2.51. The molecule has 21 heavy (non-hydrogen) atoms. The second kappa shape index (κ2) is 6.30. The van der Waals surface area contributed by atoms with Crippen molar-refractivity contribution in [3.8, 4) is 0 Å². The molecule has 3 N–H and O–H groups in total. The number of hydrogen-bond donors (Lipinski definition) is 3. The van der Waals surface area contributed by atoms with Gasteiger partial charge in [-0.15, -0.1) is 0 Å². The standard InChI is InChI=1S/C13H17N2O5P/c1-19-21(18,20-2)12(15-13(16)17)7-9-8-14-11-6-4-3-5-10(9)11/h3-6,8,12,14-15H,7H2,1-2H3,(H,16,17). The molecule has 1 amide bonds. The fraction of sp³-hybridized carbons (Fsp3) is 0.308. The number of rotatable bonds is 6. The number of amides is 1. The van der Waals surface area contributed by atoms with E-state index in [0.29, 0.717) is 0 Å². The number of benzene rings is 1. The molecule has 1 aromatic carbocycles. The lowest BCUT2D eigenvalue weighted by Gasteiger charge is -2.23. The van der Waals surface area contributed by atoms with Gasteiger partial charge in [0.1, 0.15) is 5.78 Å². The minimum absolute atomic E-state index is 0.190. The minimum atomic E-state index is -3.57. The zero-order valence-corrected chi connectivity index (χ0v) is 12.6. The monoisotopic (exact) mass is 312 g/mol. The second-order valence-corrected chi connectivity index (χ2v) is 6.87. The SMILES string of the molecule is COP(=O)(OC)C(Cc1c[nH]c2ccccc12)NC(=O)O. The molecule has 1 atom stereocenters. The van der Waals surface area contributed by atoms with Crippen LogP contribution in [0.2, 0.25) is 0 Å². The van der Waals surface area contributed by atoms with Crippen LogP contribution in [0.25, 0.3) is 10.9 Å². The molecule has 0 aliphatic rings. The Kier molecular flexibility index (Phi) is 4.67. The molecular weight excluding hydrogens is 295 g/mol. The van der Waals surface area contributed by atoms with E-state index in [9.17, 15) is 9.36 Å². The molecule has 0 aliphatic carbocycles. The third kappa shape index (κ3) is 3.26. The van der Waals surface area contributed by atoms with Crippen molar-refractivity contribution < 1.29 is 23.5 Å². The van der Waals surface area contributed by atoms with Crippen molar-refractivity contribution in [1.29, 1.82) is 0 Å². The average molecular weight is 312 g/mol. The Labute approximate surface area is 121 Å². The van der Waals surface area contributed by atoms with E-state index in [-0.39, 0.29) is 6.42 Å². The fourth-order valence-electron chi connectivity index (χ4n) is 2.22. The van der Waals surface area contributed by atoms with Crippen LogP contribution in [0.3, 0.4) is 0 Å². The van der Waals surface area contributed by atoms with Crippen molar-refractivity contribution in [2.24, 2.45) is 0 Å². The zero-order valence-electron chi connectivity index (χ0n) is 11.7. The summed E-state index contributed by atoms with van der Waals surface area (Å²) in [6.45, 7) is 0. The smallest absolute Gasteiger partial charge is 0.405 e. The average Bonchev–Trinajstić information content (AvgIpc) is 2.89. The van der Waals surface area contributed by atoms with Gasteiger partial charge in [-0.05, 0) is 11.6 Å². The maximum Gasteiger partial charge on any atom is 0.405 e. The highest BCUT2D eigenvalue weighted by Gasteiger charge is 2.36. The van der Waals surface area contributed by atoms with Gasteiger partial charge in [-0.1, -0.05) is 18.2 Å². The molecule has 2 aromatic rings. The molecule has 0 radical (unpaired) electrons. The van der Waals surface area contributed by atoms with E-state index in [2.05, 4.69) is 10.3 Å². The number of carbonyl (C=O) groups is 1. The van der Waals surface area contributed by atoms with E-state index in [4.69, 9.17) is 14.2 Å². The molecule has 0 aliphatic heterocycles. The summed E-state index contributed by atoms with van der Waals surface area (Å²) >= 11 is 0. The maximum atomic E-state index is 12.5. The lowest BCUT2D eigenvalue weighted by Crippen LogP contribution is -2.36. The zero-order chi connectivity index (χ0) is 15.5. The molecule has 0 spiro atoms. The molecule has 0 bridgehead atoms. The lowest BCUT2D eigenvalue weighted by atomic mass is 10.1. The van der Waals surface area contributed by atoms with Crippen LogP contribution < -0.4 is 5.32 Å². The van der Waals surface area contributed by atoms with Gasteiger partial charge in [-0.2, -0.15) is 0 Å². The van der Waals surface area contributed by atoms with E-state index in [1.807, 2.05) is 24.3 Å². The Morgan fingerprint density at radius 3 is 2.67 bits per heavy atom. The van der Waals surface area contributed by atoms with Crippen molar-refractivity contribution in [3.05, 3.63) is 36.0 Å². The first-order valence-corrected chi connectivity index (χ1v) is 7.87. The van der Waals surface area contributed by atoms with Crippen molar-refractivity contribution in [3.63, 3.8) is 0 Å². The molecule has 1 aromatic heterocycles. The first-order valence-electron chi connectivity index (χ1n) is 6.26. The minimum Gasteiger partial charge on any atom is -0.465 e. The van der Waals surface area contributed by atoms with E-state index < -0.39 is 19.5 Å². The van der Waals surface area contributed by atoms with Gasteiger partial charge in [0.25, 0.3) is 0 Å². The molecule has 0 saturated carbocycles. The second-order valence-electron chi connectivity index (χ2n) is 4.43. The van der Waals surface area contributed by atoms with Crippen LogP contribution in [0.15, 0.2) is 30.5 Å². The molecule has 2 rings (SSSR count). The van der Waals surface area contributed by atoms with Gasteiger partial charge in [0.15, 0.2) is 0 Å². The number of aromatic nitrogens is 1. The highest BCUT2D eigenvalue weighted by molar-refractivity contribution is 7.54. The number of para-hydroxylation sites is 1. The van der Waals surface area contributed by atoms with E-state index in [1.165, 1.54) is 14.2 Å². The summed E-state index contributed by atoms with van der Waals surface area (Å²) in [5, 5.41) is 12.1. The Bertz CT molecular complexity index is 676. The molecule has 0 saturated heterocycles. The molecule has 1 heterocycles. The normalized spacial score (nSPS) is 13.2. The third-order valence-electron chi connectivity index (χ3n) is 3.27. The first-order chi connectivity index (χ1) is 10.00. The number of hydrogen-bond acceptors (Lipinski definition) is 4. The number of nitrogens with one attached hydrogen (secondary N) is 2. The fourth-order valence-corrected chi connectivity index (χ4v) is 3.57. The molecule has 1 unspecified atom stereocenters. The molecular formula is C13H17N2O5P. The van der Waals surface area contributed by atoms with Crippen LogP contribution in [-0.4, -0.2) is 36.2 Å². The van der Waals surface area contributed by atoms with Gasteiger partial charge < -0.3 is 24.5 Å². The predicted octanol–water partition coefficient (Wildman–Crippen LogP) is 2.79. The van der Waals surface area contributed by atoms with Gasteiger partial charge in [0.2, 0.25) is 0 Å². The van der Waals surface area contributed by atoms with Gasteiger partial charge in [0.05, 0.1) is 0 Å². The lowest BCUT2D eigenvalue weighted by molar-refractivity contribution is 0.188. The Morgan fingerprint density at radius 2 is 2.05 bits per heavy atom. The highest BCUT2D eigenvalue weighted by atomic mass is 31.2. The first kappa shape index (κ1) is 15.6. The number of H-pyrrole nitrogens is 1. The Hall–Kier alpha value is -1.82. The number of aromatic amines is 1. The van der Waals surface area contributed by atoms with Crippen molar-refractivity contribution >= 4 is 24.6 Å². The predicted molar refractivity (Wildman–Crippen MR) is 78.6 cm³/mol. The maximum absolute atomic E-state index is 12.5. The molecule has 8 heteroatoms. The summed E-state index contributed by atoms with van der Waals surface area (Å²) in [7, 11) is -1.11. The van der Waals surface area contributed by atoms with E-state index >= 15 is 0 Å². The summed E-state index contributed by atoms with van der Waals surface area (Å²) in [5.41, 5.74) is 1.75. The van der Waals surface area contributed by atoms with Crippen LogP contribution in [0.4, 0.5) is 4.79 Å². The third-order valence-corrected chi connectivity index (χ3v) is 5.36.